The monoisotopic (exact) mass is 184 g/mol. The second kappa shape index (κ2) is 7.40. The third-order valence-corrected chi connectivity index (χ3v) is 1.69. The molecule has 0 aromatic carbocycles. The highest BCUT2D eigenvalue weighted by molar-refractivity contribution is 5.78. The van der Waals surface area contributed by atoms with Gasteiger partial charge in [-0.15, -0.1) is 0 Å². The molecule has 0 bridgehead atoms. The fraction of sp³-hybridized carbons (Fsp3) is 0.500. The van der Waals surface area contributed by atoms with Crippen molar-refractivity contribution >= 4 is 5.97 Å². The molecule has 13 heavy (non-hydrogen) atoms. The highest BCUT2D eigenvalue weighted by Crippen LogP contribution is 2.16. The van der Waals surface area contributed by atoms with Gasteiger partial charge in [0.2, 0.25) is 0 Å². The lowest BCUT2D eigenvalue weighted by Crippen LogP contribution is -1.92. The Kier molecular flexibility index (Phi) is 6.69. The summed E-state index contributed by atoms with van der Waals surface area (Å²) in [5.41, 5.74) is 0. The molecule has 0 amide bonds. The number of hydrogen-bond donors (Lipinski definition) is 1. The van der Waals surface area contributed by atoms with Gasteiger partial charge in [-0.2, -0.15) is 0 Å². The number of carboxylic acid groups (broad SMARTS) is 1. The van der Waals surface area contributed by atoms with Gasteiger partial charge in [0.15, 0.2) is 0 Å². The number of rotatable bonds is 2. The molecule has 1 N–H and O–H groups in total. The van der Waals surface area contributed by atoms with E-state index in [4.69, 9.17) is 9.84 Å². The van der Waals surface area contributed by atoms with E-state index in [0.29, 0.717) is 0 Å². The molecule has 1 aliphatic carbocycles. The third kappa shape index (κ3) is 7.12. The Bertz CT molecular complexity index is 194. The number of ether oxygens (including phenoxy) is 1. The van der Waals surface area contributed by atoms with Gasteiger partial charge in [-0.3, -0.25) is 0 Å². The molecule has 3 heteroatoms. The summed E-state index contributed by atoms with van der Waals surface area (Å²) in [6, 6.07) is 0. The van der Waals surface area contributed by atoms with E-state index in [2.05, 4.69) is 12.7 Å². The number of carboxylic acids is 1. The molecule has 0 heterocycles. The van der Waals surface area contributed by atoms with Gasteiger partial charge >= 0.3 is 5.97 Å². The molecule has 3 nitrogen and oxygen atoms in total. The first-order valence-electron chi connectivity index (χ1n) is 4.29. The van der Waals surface area contributed by atoms with Crippen LogP contribution in [0.15, 0.2) is 24.5 Å². The molecule has 0 aliphatic heterocycles. The Morgan fingerprint density at radius 2 is 2.31 bits per heavy atom. The maximum atomic E-state index is 9.25. The minimum Gasteiger partial charge on any atom is -0.501 e. The van der Waals surface area contributed by atoms with Crippen molar-refractivity contribution in [3.63, 3.8) is 0 Å². The summed E-state index contributed by atoms with van der Waals surface area (Å²) in [5, 5.41) is 7.60. The van der Waals surface area contributed by atoms with Gasteiger partial charge in [0.1, 0.15) is 0 Å². The van der Waals surface area contributed by atoms with Crippen LogP contribution in [0.5, 0.6) is 0 Å². The van der Waals surface area contributed by atoms with E-state index in [1.165, 1.54) is 25.0 Å². The molecule has 1 aliphatic rings. The van der Waals surface area contributed by atoms with E-state index in [1.807, 2.05) is 0 Å². The zero-order valence-electron chi connectivity index (χ0n) is 7.95. The van der Waals surface area contributed by atoms with Crippen LogP contribution >= 0.6 is 0 Å². The average molecular weight is 184 g/mol. The van der Waals surface area contributed by atoms with Gasteiger partial charge < -0.3 is 9.84 Å². The van der Waals surface area contributed by atoms with Gasteiger partial charge in [0.25, 0.3) is 0 Å². The summed E-state index contributed by atoms with van der Waals surface area (Å²) in [5.74, 6) is 0.196. The molecule has 74 valence electrons. The Morgan fingerprint density at radius 3 is 2.54 bits per heavy atom. The first-order chi connectivity index (χ1) is 6.20. The zero-order valence-corrected chi connectivity index (χ0v) is 7.95. The van der Waals surface area contributed by atoms with E-state index in [-0.39, 0.29) is 0 Å². The number of methoxy groups -OCH3 is 1. The van der Waals surface area contributed by atoms with E-state index in [9.17, 15) is 4.79 Å². The summed E-state index contributed by atoms with van der Waals surface area (Å²) in [6.45, 7) is 2.96. The number of allylic oxidation sites excluding steroid dienone is 2. The zero-order chi connectivity index (χ0) is 10.1. The Labute approximate surface area is 78.7 Å². The molecule has 0 atom stereocenters. The molecule has 0 saturated heterocycles. The summed E-state index contributed by atoms with van der Waals surface area (Å²) in [4.78, 5) is 9.25. The molecule has 0 unspecified atom stereocenters. The van der Waals surface area contributed by atoms with Gasteiger partial charge in [0.05, 0.1) is 12.9 Å². The van der Waals surface area contributed by atoms with E-state index >= 15 is 0 Å². The van der Waals surface area contributed by atoms with Crippen LogP contribution in [0.2, 0.25) is 0 Å². The second-order valence-corrected chi connectivity index (χ2v) is 2.66. The lowest BCUT2D eigenvalue weighted by molar-refractivity contribution is -0.131. The maximum Gasteiger partial charge on any atom is 0.327 e. The van der Waals surface area contributed by atoms with Crippen molar-refractivity contribution in [2.24, 2.45) is 0 Å². The summed E-state index contributed by atoms with van der Waals surface area (Å²) in [6.07, 6.45) is 8.02. The van der Waals surface area contributed by atoms with Gasteiger partial charge in [-0.05, 0) is 25.3 Å². The van der Waals surface area contributed by atoms with Crippen molar-refractivity contribution in [3.05, 3.63) is 24.5 Å². The molecule has 1 rings (SSSR count). The topological polar surface area (TPSA) is 46.5 Å². The van der Waals surface area contributed by atoms with E-state index in [1.54, 1.807) is 7.11 Å². The molecule has 0 fully saturated rings. The van der Waals surface area contributed by atoms with E-state index < -0.39 is 5.97 Å². The number of hydrogen-bond acceptors (Lipinski definition) is 2. The molecular formula is C10H16O3. The third-order valence-electron chi connectivity index (χ3n) is 1.69. The largest absolute Gasteiger partial charge is 0.501 e. The van der Waals surface area contributed by atoms with Gasteiger partial charge in [-0.1, -0.05) is 6.58 Å². The quantitative estimate of drug-likeness (QED) is 0.670. The van der Waals surface area contributed by atoms with Crippen LogP contribution in [0.25, 0.3) is 0 Å². The van der Waals surface area contributed by atoms with Crippen molar-refractivity contribution in [1.29, 1.82) is 0 Å². The van der Waals surface area contributed by atoms with E-state index in [0.717, 1.165) is 12.5 Å². The molecule has 0 spiro atoms. The van der Waals surface area contributed by atoms with Crippen LogP contribution in [-0.2, 0) is 9.53 Å². The van der Waals surface area contributed by atoms with Crippen LogP contribution in [-0.4, -0.2) is 18.2 Å². The second-order valence-electron chi connectivity index (χ2n) is 2.66. The summed E-state index contributed by atoms with van der Waals surface area (Å²) < 4.78 is 5.05. The number of carbonyl (C=O) groups is 1. The van der Waals surface area contributed by atoms with Crippen LogP contribution in [0.3, 0.4) is 0 Å². The Morgan fingerprint density at radius 1 is 1.69 bits per heavy atom. The van der Waals surface area contributed by atoms with Crippen molar-refractivity contribution in [1.82, 2.24) is 0 Å². The molecule has 0 saturated carbocycles. The number of aliphatic carboxylic acids is 1. The van der Waals surface area contributed by atoms with Gasteiger partial charge in [-0.25, -0.2) is 4.79 Å². The van der Waals surface area contributed by atoms with Crippen LogP contribution in [0, 0.1) is 0 Å². The minimum absolute atomic E-state index is 0.833. The lowest BCUT2D eigenvalue weighted by Gasteiger charge is -2.09. The summed E-state index contributed by atoms with van der Waals surface area (Å²) in [7, 11) is 1.75. The standard InChI is InChI=1S/C7H12O.C3H4O2/c1-8-7-5-3-2-4-6-7;1-2-3(4)5/h5H,2-4,6H2,1H3;2H,1H2,(H,4,5). The van der Waals surface area contributed by atoms with Crippen molar-refractivity contribution in [3.8, 4) is 0 Å². The molecule has 0 radical (unpaired) electrons. The predicted molar refractivity (Wildman–Crippen MR) is 51.4 cm³/mol. The fourth-order valence-corrected chi connectivity index (χ4v) is 0.994. The van der Waals surface area contributed by atoms with Crippen molar-refractivity contribution in [2.75, 3.05) is 7.11 Å². The van der Waals surface area contributed by atoms with Crippen molar-refractivity contribution in [2.45, 2.75) is 25.7 Å². The normalized spacial score (nSPS) is 14.7. The SMILES string of the molecule is C=CC(=O)O.COC1=CCCCC1. The van der Waals surface area contributed by atoms with Crippen LogP contribution < -0.4 is 0 Å². The predicted octanol–water partition coefficient (Wildman–Crippen LogP) is 2.35. The lowest BCUT2D eigenvalue weighted by atomic mass is 10.1. The smallest absolute Gasteiger partial charge is 0.327 e. The Hall–Kier alpha value is -1.25. The van der Waals surface area contributed by atoms with Crippen molar-refractivity contribution < 1.29 is 14.6 Å². The summed E-state index contributed by atoms with van der Waals surface area (Å²) >= 11 is 0. The first kappa shape index (κ1) is 11.8. The van der Waals surface area contributed by atoms with Crippen LogP contribution in [0.1, 0.15) is 25.7 Å². The highest BCUT2D eigenvalue weighted by atomic mass is 16.5. The maximum absolute atomic E-state index is 9.25. The Balaban J connectivity index is 0.000000252. The highest BCUT2D eigenvalue weighted by Gasteiger charge is 2.00. The first-order valence-corrected chi connectivity index (χ1v) is 4.29. The molecular weight excluding hydrogens is 168 g/mol. The van der Waals surface area contributed by atoms with Crippen LogP contribution in [0.4, 0.5) is 0 Å². The fourth-order valence-electron chi connectivity index (χ4n) is 0.994. The molecule has 0 aromatic heterocycles. The van der Waals surface area contributed by atoms with Gasteiger partial charge in [0, 0.05) is 12.5 Å². The average Bonchev–Trinajstić information content (AvgIpc) is 2.20. The minimum atomic E-state index is -0.981. The molecule has 0 aromatic rings.